The van der Waals surface area contributed by atoms with Gasteiger partial charge >= 0.3 is 0 Å². The van der Waals surface area contributed by atoms with Crippen LogP contribution in [0.3, 0.4) is 0 Å². The molecule has 4 aromatic heterocycles. The SMILES string of the molecule is Cc1ccnc(NS(=O)(=O)c2ccc3c(ccn3C(=O)/C(=C\c3cccs3)NC(=O)c3cccs3)c2)n1. The molecular formula is C25H19N5O4S3. The number of amides is 1. The summed E-state index contributed by atoms with van der Waals surface area (Å²) in [6.45, 7) is 1.73. The first-order valence-electron chi connectivity index (χ1n) is 10.9. The maximum absolute atomic E-state index is 13.5. The van der Waals surface area contributed by atoms with Crippen molar-refractivity contribution in [1.82, 2.24) is 19.9 Å². The van der Waals surface area contributed by atoms with Gasteiger partial charge < -0.3 is 5.32 Å². The lowest BCUT2D eigenvalue weighted by molar-refractivity contribution is 0.0905. The van der Waals surface area contributed by atoms with Gasteiger partial charge in [-0.15, -0.1) is 22.7 Å². The van der Waals surface area contributed by atoms with Crippen LogP contribution in [0, 0.1) is 6.92 Å². The highest BCUT2D eigenvalue weighted by Gasteiger charge is 2.21. The van der Waals surface area contributed by atoms with Gasteiger partial charge in [-0.25, -0.2) is 23.1 Å². The predicted octanol–water partition coefficient (Wildman–Crippen LogP) is 4.77. The number of rotatable bonds is 7. The van der Waals surface area contributed by atoms with Crippen molar-refractivity contribution in [2.75, 3.05) is 4.72 Å². The zero-order valence-electron chi connectivity index (χ0n) is 19.3. The van der Waals surface area contributed by atoms with Gasteiger partial charge in [-0.3, -0.25) is 14.2 Å². The van der Waals surface area contributed by atoms with E-state index in [9.17, 15) is 18.0 Å². The van der Waals surface area contributed by atoms with Crippen molar-refractivity contribution in [2.45, 2.75) is 11.8 Å². The molecule has 2 N–H and O–H groups in total. The Morgan fingerprint density at radius 2 is 1.84 bits per heavy atom. The molecule has 0 aliphatic rings. The number of hydrogen-bond donors (Lipinski definition) is 2. The molecule has 12 heteroatoms. The molecule has 9 nitrogen and oxygen atoms in total. The summed E-state index contributed by atoms with van der Waals surface area (Å²) in [7, 11) is -3.96. The molecule has 0 saturated carbocycles. The summed E-state index contributed by atoms with van der Waals surface area (Å²) < 4.78 is 29.5. The lowest BCUT2D eigenvalue weighted by atomic mass is 10.2. The third-order valence-corrected chi connectivity index (χ3v) is 8.28. The average molecular weight is 550 g/mol. The van der Waals surface area contributed by atoms with Crippen molar-refractivity contribution >= 4 is 67.4 Å². The predicted molar refractivity (Wildman–Crippen MR) is 144 cm³/mol. The maximum atomic E-state index is 13.5. The molecule has 0 spiro atoms. The Bertz CT molecular complexity index is 1740. The Morgan fingerprint density at radius 1 is 1.03 bits per heavy atom. The number of aryl methyl sites for hydroxylation is 1. The van der Waals surface area contributed by atoms with E-state index in [1.807, 2.05) is 17.5 Å². The fourth-order valence-electron chi connectivity index (χ4n) is 3.53. The molecule has 1 aromatic carbocycles. The van der Waals surface area contributed by atoms with E-state index in [2.05, 4.69) is 20.0 Å². The van der Waals surface area contributed by atoms with E-state index < -0.39 is 15.9 Å². The number of sulfonamides is 1. The second-order valence-corrected chi connectivity index (χ2v) is 11.5. The summed E-state index contributed by atoms with van der Waals surface area (Å²) in [6, 6.07) is 14.8. The summed E-state index contributed by atoms with van der Waals surface area (Å²) in [4.78, 5) is 35.6. The number of carbonyl (C=O) groups excluding carboxylic acids is 2. The van der Waals surface area contributed by atoms with Crippen molar-refractivity contribution in [3.63, 3.8) is 0 Å². The molecular weight excluding hydrogens is 531 g/mol. The van der Waals surface area contributed by atoms with Crippen LogP contribution in [0.25, 0.3) is 17.0 Å². The van der Waals surface area contributed by atoms with Gasteiger partial charge in [-0.05, 0) is 66.2 Å². The topological polar surface area (TPSA) is 123 Å². The highest BCUT2D eigenvalue weighted by atomic mass is 32.2. The Kier molecular flexibility index (Phi) is 6.70. The van der Waals surface area contributed by atoms with Crippen molar-refractivity contribution in [3.05, 3.63) is 98.9 Å². The maximum Gasteiger partial charge on any atom is 0.278 e. The number of carbonyl (C=O) groups is 2. The lowest BCUT2D eigenvalue weighted by Crippen LogP contribution is -2.29. The second-order valence-electron chi connectivity index (χ2n) is 7.84. The number of anilines is 1. The molecule has 0 bridgehead atoms. The van der Waals surface area contributed by atoms with E-state index in [-0.39, 0.29) is 22.4 Å². The second kappa shape index (κ2) is 10.1. The van der Waals surface area contributed by atoms with Crippen molar-refractivity contribution in [1.29, 1.82) is 0 Å². The molecule has 0 aliphatic heterocycles. The van der Waals surface area contributed by atoms with Crippen molar-refractivity contribution in [2.24, 2.45) is 0 Å². The summed E-state index contributed by atoms with van der Waals surface area (Å²) in [5.74, 6) is -0.881. The van der Waals surface area contributed by atoms with E-state index in [0.717, 1.165) is 4.88 Å². The molecule has 0 radical (unpaired) electrons. The van der Waals surface area contributed by atoms with Gasteiger partial charge in [0.05, 0.1) is 15.3 Å². The number of nitrogens with one attached hydrogen (secondary N) is 2. The van der Waals surface area contributed by atoms with Gasteiger partial charge in [0.25, 0.3) is 21.8 Å². The number of hydrogen-bond acceptors (Lipinski definition) is 8. The summed E-state index contributed by atoms with van der Waals surface area (Å²) in [5, 5.41) is 6.91. The van der Waals surface area contributed by atoms with Gasteiger partial charge in [-0.2, -0.15) is 0 Å². The fraction of sp³-hybridized carbons (Fsp3) is 0.0400. The fourth-order valence-corrected chi connectivity index (χ4v) is 5.79. The molecule has 5 rings (SSSR count). The smallest absolute Gasteiger partial charge is 0.278 e. The van der Waals surface area contributed by atoms with E-state index in [1.165, 1.54) is 45.6 Å². The van der Waals surface area contributed by atoms with Gasteiger partial charge in [0.1, 0.15) is 5.70 Å². The third kappa shape index (κ3) is 5.35. The van der Waals surface area contributed by atoms with Crippen LogP contribution < -0.4 is 10.0 Å². The van der Waals surface area contributed by atoms with E-state index in [4.69, 9.17) is 0 Å². The third-order valence-electron chi connectivity index (χ3n) is 5.26. The Labute approximate surface area is 220 Å². The first-order valence-corrected chi connectivity index (χ1v) is 14.1. The zero-order chi connectivity index (χ0) is 26.0. The summed E-state index contributed by atoms with van der Waals surface area (Å²) >= 11 is 2.70. The number of benzene rings is 1. The minimum Gasteiger partial charge on any atom is -0.317 e. The largest absolute Gasteiger partial charge is 0.317 e. The van der Waals surface area contributed by atoms with Crippen LogP contribution in [-0.2, 0) is 10.0 Å². The number of nitrogens with zero attached hydrogens (tertiary/aromatic N) is 3. The van der Waals surface area contributed by atoms with Crippen LogP contribution in [0.4, 0.5) is 5.95 Å². The molecule has 0 atom stereocenters. The van der Waals surface area contributed by atoms with Gasteiger partial charge in [-0.1, -0.05) is 12.1 Å². The molecule has 186 valence electrons. The van der Waals surface area contributed by atoms with Crippen LogP contribution in [0.15, 0.2) is 88.3 Å². The van der Waals surface area contributed by atoms with E-state index >= 15 is 0 Å². The minimum absolute atomic E-state index is 0.00402. The van der Waals surface area contributed by atoms with Crippen molar-refractivity contribution < 1.29 is 18.0 Å². The van der Waals surface area contributed by atoms with Crippen molar-refractivity contribution in [3.8, 4) is 0 Å². The van der Waals surface area contributed by atoms with Crippen LogP contribution in [0.1, 0.15) is 25.0 Å². The molecule has 37 heavy (non-hydrogen) atoms. The summed E-state index contributed by atoms with van der Waals surface area (Å²) in [5.41, 5.74) is 1.20. The van der Waals surface area contributed by atoms with Gasteiger partial charge in [0.2, 0.25) is 5.95 Å². The number of allylic oxidation sites excluding steroid dienone is 1. The molecule has 0 unspecified atom stereocenters. The first-order chi connectivity index (χ1) is 17.8. The van der Waals surface area contributed by atoms with Gasteiger partial charge in [0.15, 0.2) is 0 Å². The highest BCUT2D eigenvalue weighted by molar-refractivity contribution is 7.92. The number of aromatic nitrogens is 3. The molecule has 4 heterocycles. The molecule has 5 aromatic rings. The normalized spacial score (nSPS) is 12.0. The minimum atomic E-state index is -3.96. The standard InChI is InChI=1S/C25H19N5O4S3/c1-16-8-10-26-25(27-16)29-37(33,34)19-6-7-21-17(14-19)9-11-30(21)24(32)20(15-18-4-2-12-35-18)28-23(31)22-5-3-13-36-22/h2-15H,1H3,(H,28,31)(H,26,27,29)/b20-15+. The Balaban J connectivity index is 1.46. The van der Waals surface area contributed by atoms with E-state index in [0.29, 0.717) is 21.5 Å². The molecule has 0 saturated heterocycles. The lowest BCUT2D eigenvalue weighted by Gasteiger charge is -2.11. The number of thiophene rings is 2. The van der Waals surface area contributed by atoms with Crippen LogP contribution in [0.5, 0.6) is 0 Å². The van der Waals surface area contributed by atoms with Crippen LogP contribution >= 0.6 is 22.7 Å². The summed E-state index contributed by atoms with van der Waals surface area (Å²) in [6.07, 6.45) is 4.63. The molecule has 0 aliphatic carbocycles. The van der Waals surface area contributed by atoms with Gasteiger partial charge in [0, 0.05) is 28.4 Å². The average Bonchev–Trinajstić information content (AvgIpc) is 3.65. The quantitative estimate of drug-likeness (QED) is 0.282. The highest BCUT2D eigenvalue weighted by Crippen LogP contribution is 2.23. The van der Waals surface area contributed by atoms with Crippen LogP contribution in [0.2, 0.25) is 0 Å². The van der Waals surface area contributed by atoms with E-state index in [1.54, 1.807) is 54.9 Å². The first kappa shape index (κ1) is 24.6. The number of fused-ring (bicyclic) bond motifs is 1. The monoisotopic (exact) mass is 549 g/mol. The molecule has 0 fully saturated rings. The Morgan fingerprint density at radius 3 is 2.57 bits per heavy atom. The zero-order valence-corrected chi connectivity index (χ0v) is 21.7. The molecule has 1 amide bonds. The Hall–Kier alpha value is -4.13. The van der Waals surface area contributed by atoms with Crippen LogP contribution in [-0.4, -0.2) is 34.8 Å².